The summed E-state index contributed by atoms with van der Waals surface area (Å²) < 4.78 is 6.62. The van der Waals surface area contributed by atoms with Crippen LogP contribution in [0.1, 0.15) is 23.2 Å². The van der Waals surface area contributed by atoms with Crippen molar-refractivity contribution in [2.24, 2.45) is 7.05 Å². The number of carbonyl (C=O) groups is 1. The normalized spacial score (nSPS) is 23.9. The summed E-state index contributed by atoms with van der Waals surface area (Å²) in [5, 5.41) is 6.82. The maximum atomic E-state index is 11.8. The predicted octanol–water partition coefficient (Wildman–Crippen LogP) is -0.0905. The third-order valence-corrected chi connectivity index (χ3v) is 2.99. The van der Waals surface area contributed by atoms with Crippen molar-refractivity contribution in [2.75, 3.05) is 12.8 Å². The molecule has 1 saturated carbocycles. The van der Waals surface area contributed by atoms with Crippen molar-refractivity contribution >= 4 is 11.7 Å². The number of hydrogen-bond donors (Lipinski definition) is 2. The Morgan fingerprint density at radius 2 is 2.38 bits per heavy atom. The van der Waals surface area contributed by atoms with Gasteiger partial charge in [-0.1, -0.05) is 0 Å². The fourth-order valence-corrected chi connectivity index (χ4v) is 1.76. The first-order valence-electron chi connectivity index (χ1n) is 5.23. The summed E-state index contributed by atoms with van der Waals surface area (Å²) in [6.07, 6.45) is 3.48. The zero-order valence-electron chi connectivity index (χ0n) is 9.43. The van der Waals surface area contributed by atoms with E-state index in [0.29, 0.717) is 11.4 Å². The van der Waals surface area contributed by atoms with Gasteiger partial charge >= 0.3 is 0 Å². The van der Waals surface area contributed by atoms with Gasteiger partial charge in [-0.25, -0.2) is 0 Å². The summed E-state index contributed by atoms with van der Waals surface area (Å²) in [6.45, 7) is 0. The highest BCUT2D eigenvalue weighted by atomic mass is 16.5. The third kappa shape index (κ3) is 1.88. The number of anilines is 1. The van der Waals surface area contributed by atoms with Crippen LogP contribution in [-0.2, 0) is 11.8 Å². The predicted molar refractivity (Wildman–Crippen MR) is 58.9 cm³/mol. The molecule has 1 aliphatic rings. The number of ether oxygens (including phenoxy) is 1. The minimum Gasteiger partial charge on any atom is -0.383 e. The summed E-state index contributed by atoms with van der Waals surface area (Å²) in [5.74, 6) is 0.227. The fourth-order valence-electron chi connectivity index (χ4n) is 1.76. The maximum absolute atomic E-state index is 11.8. The first-order chi connectivity index (χ1) is 7.61. The lowest BCUT2D eigenvalue weighted by molar-refractivity contribution is 0.0176. The van der Waals surface area contributed by atoms with E-state index in [4.69, 9.17) is 10.5 Å². The van der Waals surface area contributed by atoms with Crippen LogP contribution < -0.4 is 11.1 Å². The number of nitrogens with two attached hydrogens (primary N) is 1. The standard InChI is InChI=1S/C10H16N4O2/c1-14-9(11)8(5-12-14)10(15)13-6-3-7(4-6)16-2/h5-7H,3-4,11H2,1-2H3,(H,13,15). The molecule has 6 heteroatoms. The number of hydrogen-bond acceptors (Lipinski definition) is 4. The Bertz CT molecular complexity index is 396. The number of carbonyl (C=O) groups excluding carboxylic acids is 1. The molecule has 1 heterocycles. The van der Waals surface area contributed by atoms with E-state index in [-0.39, 0.29) is 18.1 Å². The average molecular weight is 224 g/mol. The number of amides is 1. The highest BCUT2D eigenvalue weighted by molar-refractivity contribution is 5.98. The molecule has 0 atom stereocenters. The molecular formula is C10H16N4O2. The van der Waals surface area contributed by atoms with Crippen LogP contribution >= 0.6 is 0 Å². The fraction of sp³-hybridized carbons (Fsp3) is 0.600. The Hall–Kier alpha value is -1.56. The number of aromatic nitrogens is 2. The van der Waals surface area contributed by atoms with Crippen molar-refractivity contribution < 1.29 is 9.53 Å². The Kier molecular flexibility index (Phi) is 2.82. The quantitative estimate of drug-likeness (QED) is 0.751. The third-order valence-electron chi connectivity index (χ3n) is 2.99. The van der Waals surface area contributed by atoms with Gasteiger partial charge in [0.1, 0.15) is 11.4 Å². The van der Waals surface area contributed by atoms with Crippen molar-refractivity contribution in [3.63, 3.8) is 0 Å². The average Bonchev–Trinajstić information content (AvgIpc) is 2.53. The van der Waals surface area contributed by atoms with E-state index in [1.165, 1.54) is 10.9 Å². The van der Waals surface area contributed by atoms with Crippen molar-refractivity contribution in [3.05, 3.63) is 11.8 Å². The molecule has 0 radical (unpaired) electrons. The molecular weight excluding hydrogens is 208 g/mol. The van der Waals surface area contributed by atoms with E-state index in [9.17, 15) is 4.79 Å². The van der Waals surface area contributed by atoms with E-state index >= 15 is 0 Å². The van der Waals surface area contributed by atoms with Crippen LogP contribution in [0.25, 0.3) is 0 Å². The molecule has 1 fully saturated rings. The highest BCUT2D eigenvalue weighted by Crippen LogP contribution is 2.23. The Morgan fingerprint density at radius 3 is 2.88 bits per heavy atom. The van der Waals surface area contributed by atoms with E-state index in [2.05, 4.69) is 10.4 Å². The molecule has 3 N–H and O–H groups in total. The van der Waals surface area contributed by atoms with Gasteiger partial charge in [0.25, 0.3) is 5.91 Å². The minimum atomic E-state index is -0.162. The Labute approximate surface area is 93.8 Å². The number of nitrogen functional groups attached to an aromatic ring is 1. The molecule has 6 nitrogen and oxygen atoms in total. The zero-order valence-corrected chi connectivity index (χ0v) is 9.43. The molecule has 1 aromatic rings. The largest absolute Gasteiger partial charge is 0.383 e. The Balaban J connectivity index is 1.92. The lowest BCUT2D eigenvalue weighted by Gasteiger charge is -2.34. The van der Waals surface area contributed by atoms with Crippen LogP contribution in [0, 0.1) is 0 Å². The van der Waals surface area contributed by atoms with E-state index < -0.39 is 0 Å². The number of nitrogens with zero attached hydrogens (tertiary/aromatic N) is 2. The molecule has 16 heavy (non-hydrogen) atoms. The van der Waals surface area contributed by atoms with Crippen LogP contribution in [-0.4, -0.2) is 34.9 Å². The molecule has 0 saturated heterocycles. The van der Waals surface area contributed by atoms with Gasteiger partial charge in [-0.2, -0.15) is 5.10 Å². The summed E-state index contributed by atoms with van der Waals surface area (Å²) in [6, 6.07) is 0.192. The second-order valence-corrected chi connectivity index (χ2v) is 4.07. The van der Waals surface area contributed by atoms with Crippen molar-refractivity contribution in [1.29, 1.82) is 0 Å². The van der Waals surface area contributed by atoms with E-state index in [0.717, 1.165) is 12.8 Å². The van der Waals surface area contributed by atoms with Gasteiger partial charge in [-0.15, -0.1) is 0 Å². The van der Waals surface area contributed by atoms with Gasteiger partial charge in [0.2, 0.25) is 0 Å². The molecule has 0 bridgehead atoms. The Morgan fingerprint density at radius 1 is 1.69 bits per heavy atom. The monoisotopic (exact) mass is 224 g/mol. The first kappa shape index (κ1) is 10.9. The number of rotatable bonds is 3. The SMILES string of the molecule is COC1CC(NC(=O)c2cnn(C)c2N)C1. The zero-order chi connectivity index (χ0) is 11.7. The van der Waals surface area contributed by atoms with E-state index in [1.807, 2.05) is 0 Å². The number of methoxy groups -OCH3 is 1. The van der Waals surface area contributed by atoms with Gasteiger partial charge in [0, 0.05) is 20.2 Å². The number of nitrogens with one attached hydrogen (secondary N) is 1. The van der Waals surface area contributed by atoms with Crippen molar-refractivity contribution in [1.82, 2.24) is 15.1 Å². The van der Waals surface area contributed by atoms with Gasteiger partial charge in [-0.05, 0) is 12.8 Å². The van der Waals surface area contributed by atoms with Crippen LogP contribution in [0.3, 0.4) is 0 Å². The molecule has 1 amide bonds. The van der Waals surface area contributed by atoms with Gasteiger partial charge < -0.3 is 15.8 Å². The van der Waals surface area contributed by atoms with Crippen LogP contribution in [0.15, 0.2) is 6.20 Å². The van der Waals surface area contributed by atoms with Crippen LogP contribution in [0.2, 0.25) is 0 Å². The second-order valence-electron chi connectivity index (χ2n) is 4.07. The molecule has 0 spiro atoms. The minimum absolute atomic E-state index is 0.162. The molecule has 0 aliphatic heterocycles. The lowest BCUT2D eigenvalue weighted by atomic mass is 9.89. The summed E-state index contributed by atoms with van der Waals surface area (Å²) >= 11 is 0. The molecule has 0 aromatic carbocycles. The highest BCUT2D eigenvalue weighted by Gasteiger charge is 2.30. The van der Waals surface area contributed by atoms with Crippen molar-refractivity contribution in [2.45, 2.75) is 25.0 Å². The second kappa shape index (κ2) is 4.13. The first-order valence-corrected chi connectivity index (χ1v) is 5.23. The van der Waals surface area contributed by atoms with Crippen molar-refractivity contribution in [3.8, 4) is 0 Å². The van der Waals surface area contributed by atoms with Crippen LogP contribution in [0.4, 0.5) is 5.82 Å². The molecule has 88 valence electrons. The molecule has 1 aliphatic carbocycles. The molecule has 1 aromatic heterocycles. The van der Waals surface area contributed by atoms with Crippen LogP contribution in [0.5, 0.6) is 0 Å². The molecule has 2 rings (SSSR count). The topological polar surface area (TPSA) is 82.2 Å². The van der Waals surface area contributed by atoms with E-state index in [1.54, 1.807) is 14.2 Å². The summed E-state index contributed by atoms with van der Waals surface area (Å²) in [5.41, 5.74) is 6.14. The van der Waals surface area contributed by atoms with Gasteiger partial charge in [0.15, 0.2) is 0 Å². The maximum Gasteiger partial charge on any atom is 0.256 e. The smallest absolute Gasteiger partial charge is 0.256 e. The number of aryl methyl sites for hydroxylation is 1. The summed E-state index contributed by atoms with van der Waals surface area (Å²) in [4.78, 5) is 11.8. The van der Waals surface area contributed by atoms with Gasteiger partial charge in [-0.3, -0.25) is 9.48 Å². The molecule has 0 unspecified atom stereocenters. The lowest BCUT2D eigenvalue weighted by Crippen LogP contribution is -2.47. The summed E-state index contributed by atoms with van der Waals surface area (Å²) in [7, 11) is 3.39. The van der Waals surface area contributed by atoms with Gasteiger partial charge in [0.05, 0.1) is 12.3 Å².